The van der Waals surface area contributed by atoms with Gasteiger partial charge in [-0.05, 0) is 0 Å². The van der Waals surface area contributed by atoms with E-state index in [9.17, 15) is 0 Å². The molecule has 0 fully saturated rings. The molecule has 0 aliphatic carbocycles. The van der Waals surface area contributed by atoms with E-state index in [1.165, 1.54) is 34.6 Å². The van der Waals surface area contributed by atoms with Crippen molar-refractivity contribution in [2.75, 3.05) is 0 Å². The molecule has 0 radical (unpaired) electrons. The molecule has 0 N–H and O–H groups in total. The van der Waals surface area contributed by atoms with Crippen LogP contribution in [0.15, 0.2) is 0 Å². The maximum atomic E-state index is 8.77. The Kier molecular flexibility index (Phi) is 8.57. The van der Waals surface area contributed by atoms with Crippen molar-refractivity contribution < 1.29 is 0 Å². The van der Waals surface area contributed by atoms with Crippen molar-refractivity contribution in [2.45, 2.75) is 52.9 Å². The number of nitriles is 1. The molecule has 78 valence electrons. The summed E-state index contributed by atoms with van der Waals surface area (Å²) in [7, 11) is 0. The van der Waals surface area contributed by atoms with E-state index in [0.717, 1.165) is 4.47 Å². The Bertz CT molecular complexity index is 157. The number of hydrogen-bond acceptors (Lipinski definition) is 1. The van der Waals surface area contributed by atoms with Crippen molar-refractivity contribution in [3.05, 3.63) is 0 Å². The number of rotatable bonds is 7. The van der Waals surface area contributed by atoms with Crippen molar-refractivity contribution in [2.24, 2.45) is 0 Å². The first-order valence-electron chi connectivity index (χ1n) is 5.01. The van der Waals surface area contributed by atoms with Gasteiger partial charge in [-0.2, -0.15) is 0 Å². The van der Waals surface area contributed by atoms with Gasteiger partial charge < -0.3 is 0 Å². The molecule has 0 spiro atoms. The third kappa shape index (κ3) is 6.78. The number of unbranched alkanes of at least 4 members (excludes halogenated alkanes) is 2. The molecule has 13 heavy (non-hydrogen) atoms. The van der Waals surface area contributed by atoms with Gasteiger partial charge in [0.05, 0.1) is 0 Å². The Labute approximate surface area is 92.5 Å². The summed E-state index contributed by atoms with van der Waals surface area (Å²) in [5, 5.41) is 8.77. The summed E-state index contributed by atoms with van der Waals surface area (Å²) in [5.41, 5.74) is 0. The Morgan fingerprint density at radius 1 is 1.15 bits per heavy atom. The first kappa shape index (κ1) is 13.8. The Balaban J connectivity index is 3.93. The topological polar surface area (TPSA) is 23.8 Å². The van der Waals surface area contributed by atoms with E-state index in [1.807, 2.05) is 0 Å². The summed E-state index contributed by atoms with van der Waals surface area (Å²) in [6.45, 7) is 4.45. The van der Waals surface area contributed by atoms with Crippen LogP contribution in [-0.4, -0.2) is 16.0 Å². The predicted molar refractivity (Wildman–Crippen MR) is 64.5 cm³/mol. The van der Waals surface area contributed by atoms with Gasteiger partial charge in [-0.1, -0.05) is 0 Å². The fourth-order valence-corrected chi connectivity index (χ4v) is 11.6. The molecule has 0 amide bonds. The van der Waals surface area contributed by atoms with Crippen molar-refractivity contribution >= 4 is 28.7 Å². The minimum atomic E-state index is -1.87. The quantitative estimate of drug-likeness (QED) is 0.614. The van der Waals surface area contributed by atoms with Crippen LogP contribution in [0, 0.1) is 11.3 Å². The van der Waals surface area contributed by atoms with Crippen LogP contribution >= 0.6 is 12.8 Å². The molecule has 0 aromatic rings. The Hall–Kier alpha value is 0.760. The van der Waals surface area contributed by atoms with Gasteiger partial charge in [-0.3, -0.25) is 0 Å². The van der Waals surface area contributed by atoms with E-state index in [1.54, 1.807) is 0 Å². The summed E-state index contributed by atoms with van der Waals surface area (Å²) >= 11 is 2.04. The average molecular weight is 362 g/mol. The van der Waals surface area contributed by atoms with E-state index < -0.39 is 16.0 Å². The van der Waals surface area contributed by atoms with Gasteiger partial charge in [0.1, 0.15) is 0 Å². The standard InChI is InChI=1S/C10H20BrNTe/c1-3-5-8-13(11,10-7-12)9-6-4-2/h3-6,8-10H2,1-2H3. The molecular weight excluding hydrogens is 342 g/mol. The fraction of sp³-hybridized carbons (Fsp3) is 0.900. The van der Waals surface area contributed by atoms with E-state index in [4.69, 9.17) is 5.26 Å². The Morgan fingerprint density at radius 3 is 1.92 bits per heavy atom. The molecule has 3 heteroatoms. The molecule has 0 saturated heterocycles. The summed E-state index contributed by atoms with van der Waals surface area (Å²) in [5.74, 6) is 0. The van der Waals surface area contributed by atoms with Gasteiger partial charge in [-0.25, -0.2) is 0 Å². The van der Waals surface area contributed by atoms with Crippen molar-refractivity contribution in [3.8, 4) is 6.07 Å². The molecule has 0 saturated carbocycles. The molecule has 0 aromatic heterocycles. The maximum absolute atomic E-state index is 8.77. The molecule has 1 nitrogen and oxygen atoms in total. The van der Waals surface area contributed by atoms with Crippen molar-refractivity contribution in [1.82, 2.24) is 0 Å². The fourth-order valence-electron chi connectivity index (χ4n) is 1.17. The monoisotopic (exact) mass is 363 g/mol. The molecule has 0 aliphatic heterocycles. The van der Waals surface area contributed by atoms with Gasteiger partial charge >= 0.3 is 93.0 Å². The minimum absolute atomic E-state index is 0.836. The normalized spacial score (nSPS) is 12.5. The molecule has 0 aromatic carbocycles. The van der Waals surface area contributed by atoms with Crippen molar-refractivity contribution in [1.29, 1.82) is 5.26 Å². The van der Waals surface area contributed by atoms with Crippen LogP contribution in [0.4, 0.5) is 0 Å². The summed E-state index contributed by atoms with van der Waals surface area (Å²) in [4.78, 5) is 0. The van der Waals surface area contributed by atoms with Crippen LogP contribution in [-0.2, 0) is 0 Å². The second kappa shape index (κ2) is 8.10. The molecule has 0 rings (SSSR count). The van der Waals surface area contributed by atoms with Crippen LogP contribution in [0.5, 0.6) is 0 Å². The zero-order chi connectivity index (χ0) is 10.2. The third-order valence-electron chi connectivity index (χ3n) is 2.05. The number of hydrogen-bond donors (Lipinski definition) is 0. The van der Waals surface area contributed by atoms with Gasteiger partial charge in [0, 0.05) is 0 Å². The number of nitrogens with zero attached hydrogens (tertiary/aromatic N) is 1. The van der Waals surface area contributed by atoms with E-state index in [-0.39, 0.29) is 0 Å². The molecular formula is C10H20BrNTe. The van der Waals surface area contributed by atoms with E-state index in [0.29, 0.717) is 0 Å². The molecule has 0 unspecified atom stereocenters. The first-order chi connectivity index (χ1) is 6.18. The zero-order valence-corrected chi connectivity index (χ0v) is 12.6. The van der Waals surface area contributed by atoms with Crippen molar-refractivity contribution in [3.63, 3.8) is 0 Å². The van der Waals surface area contributed by atoms with Crippen LogP contribution in [0.2, 0.25) is 13.4 Å². The third-order valence-corrected chi connectivity index (χ3v) is 15.6. The van der Waals surface area contributed by atoms with Crippen LogP contribution in [0.1, 0.15) is 39.5 Å². The SMILES string of the molecule is CCCC[Te](Br)(CC#N)CCCC. The molecule has 0 bridgehead atoms. The Morgan fingerprint density at radius 2 is 1.62 bits per heavy atom. The average Bonchev–Trinajstić information content (AvgIpc) is 2.12. The van der Waals surface area contributed by atoms with Gasteiger partial charge in [0.2, 0.25) is 0 Å². The second-order valence-electron chi connectivity index (χ2n) is 3.36. The first-order valence-corrected chi connectivity index (χ1v) is 15.2. The van der Waals surface area contributed by atoms with Crippen LogP contribution < -0.4 is 0 Å². The second-order valence-corrected chi connectivity index (χ2v) is 21.1. The van der Waals surface area contributed by atoms with Gasteiger partial charge in [0.15, 0.2) is 0 Å². The van der Waals surface area contributed by atoms with Gasteiger partial charge in [-0.15, -0.1) is 0 Å². The summed E-state index contributed by atoms with van der Waals surface area (Å²) in [6, 6.07) is 2.36. The summed E-state index contributed by atoms with van der Waals surface area (Å²) in [6.07, 6.45) is 5.13. The van der Waals surface area contributed by atoms with E-state index >= 15 is 0 Å². The molecule has 0 aliphatic rings. The summed E-state index contributed by atoms with van der Waals surface area (Å²) < 4.78 is 3.49. The zero-order valence-electron chi connectivity index (χ0n) is 8.68. The molecule has 0 heterocycles. The predicted octanol–water partition coefficient (Wildman–Crippen LogP) is 4.45. The van der Waals surface area contributed by atoms with Crippen LogP contribution in [0.3, 0.4) is 0 Å². The van der Waals surface area contributed by atoms with Gasteiger partial charge in [0.25, 0.3) is 0 Å². The number of halogens is 1. The van der Waals surface area contributed by atoms with E-state index in [2.05, 4.69) is 32.7 Å². The molecule has 0 atom stereocenters. The van der Waals surface area contributed by atoms with Crippen LogP contribution in [0.25, 0.3) is 0 Å².